The summed E-state index contributed by atoms with van der Waals surface area (Å²) >= 11 is 1.68. The van der Waals surface area contributed by atoms with Gasteiger partial charge in [-0.15, -0.1) is 11.3 Å². The smallest absolute Gasteiger partial charge is 0.222 e. The minimum atomic E-state index is 0.305. The summed E-state index contributed by atoms with van der Waals surface area (Å²) in [5, 5.41) is 6.89. The van der Waals surface area contributed by atoms with E-state index in [9.17, 15) is 4.79 Å². The van der Waals surface area contributed by atoms with Crippen LogP contribution in [0.15, 0.2) is 35.7 Å². The number of morpholine rings is 1. The Hall–Kier alpha value is -2.55. The van der Waals surface area contributed by atoms with Crippen LogP contribution in [0, 0.1) is 0 Å². The molecule has 7 nitrogen and oxygen atoms in total. The molecule has 2 aromatic heterocycles. The second kappa shape index (κ2) is 11.3. The topological polar surface area (TPSA) is 70.6 Å². The van der Waals surface area contributed by atoms with Crippen molar-refractivity contribution in [1.29, 1.82) is 0 Å². The third-order valence-corrected chi connectivity index (χ3v) is 7.47. The lowest BCUT2D eigenvalue weighted by Crippen LogP contribution is -2.36. The number of carbonyl (C=O) groups is 1. The minimum Gasteiger partial charge on any atom is -0.379 e. The molecule has 3 aromatic rings. The van der Waals surface area contributed by atoms with Gasteiger partial charge < -0.3 is 15.0 Å². The van der Waals surface area contributed by atoms with Crippen molar-refractivity contribution < 1.29 is 9.53 Å². The van der Waals surface area contributed by atoms with Gasteiger partial charge in [-0.2, -0.15) is 0 Å². The molecule has 1 aromatic carbocycles. The molecular weight excluding hydrogens is 446 g/mol. The normalized spacial score (nSPS) is 17.8. The number of rotatable bonds is 8. The highest BCUT2D eigenvalue weighted by atomic mass is 32.1. The van der Waals surface area contributed by atoms with Crippen molar-refractivity contribution in [3.8, 4) is 11.1 Å². The third kappa shape index (κ3) is 5.56. The molecule has 5 rings (SSSR count). The van der Waals surface area contributed by atoms with Crippen LogP contribution in [0.5, 0.6) is 0 Å². The van der Waals surface area contributed by atoms with Crippen LogP contribution in [-0.4, -0.2) is 71.6 Å². The lowest BCUT2D eigenvalue weighted by atomic mass is 10.1. The number of ether oxygens (including phenoxy) is 1. The lowest BCUT2D eigenvalue weighted by molar-refractivity contribution is -0.130. The second-order valence-corrected chi connectivity index (χ2v) is 9.90. The average Bonchev–Trinajstić information content (AvgIpc) is 3.19. The summed E-state index contributed by atoms with van der Waals surface area (Å²) in [5.41, 5.74) is 2.35. The number of nitrogens with one attached hydrogen (secondary N) is 1. The van der Waals surface area contributed by atoms with E-state index >= 15 is 0 Å². The quantitative estimate of drug-likeness (QED) is 0.483. The Bertz CT molecular complexity index is 1100. The number of amides is 1. The highest BCUT2D eigenvalue weighted by Gasteiger charge is 2.19. The predicted molar refractivity (Wildman–Crippen MR) is 137 cm³/mol. The number of nitrogens with zero attached hydrogens (tertiary/aromatic N) is 4. The molecule has 0 unspecified atom stereocenters. The first-order valence-corrected chi connectivity index (χ1v) is 13.3. The molecule has 0 spiro atoms. The van der Waals surface area contributed by atoms with Crippen LogP contribution < -0.4 is 5.32 Å². The monoisotopic (exact) mass is 479 g/mol. The Morgan fingerprint density at radius 1 is 1.03 bits per heavy atom. The average molecular weight is 480 g/mol. The molecule has 2 fully saturated rings. The number of benzene rings is 1. The van der Waals surface area contributed by atoms with Gasteiger partial charge >= 0.3 is 0 Å². The number of carbonyl (C=O) groups excluding carboxylic acids is 1. The van der Waals surface area contributed by atoms with Crippen LogP contribution in [0.25, 0.3) is 21.3 Å². The first-order chi connectivity index (χ1) is 16.8. The van der Waals surface area contributed by atoms with Crippen molar-refractivity contribution in [3.05, 3.63) is 41.5 Å². The lowest BCUT2D eigenvalue weighted by Gasteiger charge is -2.26. The van der Waals surface area contributed by atoms with Gasteiger partial charge in [0, 0.05) is 50.1 Å². The van der Waals surface area contributed by atoms with E-state index in [1.807, 2.05) is 11.0 Å². The predicted octanol–water partition coefficient (Wildman–Crippen LogP) is 4.40. The fraction of sp³-hybridized carbons (Fsp3) is 0.500. The molecule has 1 N–H and O–H groups in total. The van der Waals surface area contributed by atoms with E-state index in [-0.39, 0.29) is 0 Å². The summed E-state index contributed by atoms with van der Waals surface area (Å²) in [7, 11) is 0. The molecule has 0 atom stereocenters. The van der Waals surface area contributed by atoms with Crippen molar-refractivity contribution in [2.75, 3.05) is 51.3 Å². The zero-order chi connectivity index (χ0) is 23.2. The summed E-state index contributed by atoms with van der Waals surface area (Å²) in [6.45, 7) is 6.55. The van der Waals surface area contributed by atoms with E-state index in [1.54, 1.807) is 11.3 Å². The summed E-state index contributed by atoms with van der Waals surface area (Å²) in [6.07, 6.45) is 4.90. The van der Waals surface area contributed by atoms with Crippen LogP contribution in [0.1, 0.15) is 37.9 Å². The van der Waals surface area contributed by atoms with Gasteiger partial charge in [-0.3, -0.25) is 9.69 Å². The van der Waals surface area contributed by atoms with Crippen LogP contribution in [0.3, 0.4) is 0 Å². The van der Waals surface area contributed by atoms with Gasteiger partial charge in [0.1, 0.15) is 16.5 Å². The Labute approximate surface area is 205 Å². The number of aromatic nitrogens is 2. The number of thiophene rings is 1. The van der Waals surface area contributed by atoms with Gasteiger partial charge in [0.2, 0.25) is 5.91 Å². The first-order valence-electron chi connectivity index (χ1n) is 12.4. The first kappa shape index (κ1) is 23.2. The third-order valence-electron chi connectivity index (χ3n) is 6.60. The molecule has 0 aliphatic carbocycles. The molecule has 2 aliphatic rings. The molecule has 8 heteroatoms. The Morgan fingerprint density at radius 2 is 1.88 bits per heavy atom. The van der Waals surface area contributed by atoms with E-state index in [4.69, 9.17) is 14.7 Å². The summed E-state index contributed by atoms with van der Waals surface area (Å²) in [6, 6.07) is 10.4. The molecule has 2 saturated heterocycles. The number of hydrogen-bond donors (Lipinski definition) is 1. The van der Waals surface area contributed by atoms with Crippen LogP contribution >= 0.6 is 11.3 Å². The van der Waals surface area contributed by atoms with E-state index in [2.05, 4.69) is 39.9 Å². The van der Waals surface area contributed by atoms with Gasteiger partial charge in [-0.1, -0.05) is 36.8 Å². The van der Waals surface area contributed by atoms with E-state index in [1.165, 1.54) is 11.1 Å². The molecular formula is C26H33N5O2S. The van der Waals surface area contributed by atoms with Crippen LogP contribution in [0.2, 0.25) is 0 Å². The zero-order valence-corrected chi connectivity index (χ0v) is 20.5. The molecule has 180 valence electrons. The van der Waals surface area contributed by atoms with E-state index < -0.39 is 0 Å². The van der Waals surface area contributed by atoms with Crippen molar-refractivity contribution >= 4 is 33.3 Å². The Balaban J connectivity index is 1.35. The van der Waals surface area contributed by atoms with Gasteiger partial charge in [-0.25, -0.2) is 9.97 Å². The summed E-state index contributed by atoms with van der Waals surface area (Å²) in [4.78, 5) is 27.7. The van der Waals surface area contributed by atoms with Crippen LogP contribution in [0.4, 0.5) is 5.82 Å². The van der Waals surface area contributed by atoms with Gasteiger partial charge in [0.05, 0.1) is 25.1 Å². The minimum absolute atomic E-state index is 0.305. The number of anilines is 1. The van der Waals surface area contributed by atoms with E-state index in [0.29, 0.717) is 12.3 Å². The van der Waals surface area contributed by atoms with Crippen molar-refractivity contribution in [1.82, 2.24) is 19.8 Å². The van der Waals surface area contributed by atoms with Crippen molar-refractivity contribution in [2.24, 2.45) is 0 Å². The molecule has 0 bridgehead atoms. The Kier molecular flexibility index (Phi) is 7.68. The fourth-order valence-corrected chi connectivity index (χ4v) is 5.69. The number of likely N-dealkylation sites (tertiary alicyclic amines) is 1. The number of hydrogen-bond acceptors (Lipinski definition) is 7. The molecule has 34 heavy (non-hydrogen) atoms. The van der Waals surface area contributed by atoms with Gasteiger partial charge in [-0.05, 0) is 24.8 Å². The fourth-order valence-electron chi connectivity index (χ4n) is 4.73. The molecule has 1 amide bonds. The number of fused-ring (bicyclic) bond motifs is 1. The Morgan fingerprint density at radius 3 is 2.74 bits per heavy atom. The summed E-state index contributed by atoms with van der Waals surface area (Å²) < 4.78 is 5.49. The summed E-state index contributed by atoms with van der Waals surface area (Å²) in [5.74, 6) is 2.05. The maximum Gasteiger partial charge on any atom is 0.222 e. The second-order valence-electron chi connectivity index (χ2n) is 9.04. The maximum absolute atomic E-state index is 12.3. The standard InChI is InChI=1S/C26H33N5O2S/c32-23-10-5-2-6-12-31(23)13-7-11-27-25-24-21(20-8-3-1-4-9-20)19-34-26(24)29-22(28-25)18-30-14-16-33-17-15-30/h1,3-4,8-9,19H,2,5-7,10-18H2,(H,27,28,29). The molecule has 0 saturated carbocycles. The molecule has 2 aliphatic heterocycles. The SMILES string of the molecule is O=C1CCCCCN1CCCNc1nc(CN2CCOCC2)nc2scc(-c3ccccc3)c12. The van der Waals surface area contributed by atoms with Crippen molar-refractivity contribution in [3.63, 3.8) is 0 Å². The largest absolute Gasteiger partial charge is 0.379 e. The van der Waals surface area contributed by atoms with Gasteiger partial charge in [0.25, 0.3) is 0 Å². The maximum atomic E-state index is 12.3. The van der Waals surface area contributed by atoms with E-state index in [0.717, 1.165) is 100 Å². The highest BCUT2D eigenvalue weighted by Crippen LogP contribution is 2.37. The van der Waals surface area contributed by atoms with Crippen molar-refractivity contribution in [2.45, 2.75) is 38.6 Å². The highest BCUT2D eigenvalue weighted by molar-refractivity contribution is 7.17. The molecule has 0 radical (unpaired) electrons. The zero-order valence-electron chi connectivity index (χ0n) is 19.7. The van der Waals surface area contributed by atoms with Gasteiger partial charge in [0.15, 0.2) is 0 Å². The molecule has 4 heterocycles. The van der Waals surface area contributed by atoms with Crippen LogP contribution in [-0.2, 0) is 16.1 Å².